The Balaban J connectivity index is 2.66. The van der Waals surface area contributed by atoms with Crippen LogP contribution >= 0.6 is 0 Å². The summed E-state index contributed by atoms with van der Waals surface area (Å²) in [5.41, 5.74) is 0. The Morgan fingerprint density at radius 3 is 2.75 bits per heavy atom. The molecule has 2 N–H and O–H groups in total. The third kappa shape index (κ3) is 3.69. The third-order valence-corrected chi connectivity index (χ3v) is 4.52. The molecule has 96 valence electrons. The highest BCUT2D eigenvalue weighted by Gasteiger charge is 2.31. The Labute approximate surface area is 98.8 Å². The lowest BCUT2D eigenvalue weighted by Gasteiger charge is -2.34. The molecular weight excluding hydrogens is 226 g/mol. The monoisotopic (exact) mass is 249 g/mol. The first-order valence-electron chi connectivity index (χ1n) is 6.03. The smallest absolute Gasteiger partial charge is 0.279 e. The van der Waals surface area contributed by atoms with Crippen molar-refractivity contribution in [1.82, 2.24) is 14.3 Å². The quantitative estimate of drug-likeness (QED) is 0.712. The van der Waals surface area contributed by atoms with E-state index in [1.165, 1.54) is 0 Å². The predicted octanol–water partition coefficient (Wildman–Crippen LogP) is 0.305. The van der Waals surface area contributed by atoms with Gasteiger partial charge in [0.2, 0.25) is 0 Å². The molecule has 0 spiro atoms. The van der Waals surface area contributed by atoms with E-state index in [1.54, 1.807) is 4.31 Å². The molecule has 0 aromatic carbocycles. The van der Waals surface area contributed by atoms with E-state index in [1.807, 2.05) is 14.0 Å². The van der Waals surface area contributed by atoms with Crippen molar-refractivity contribution in [3.8, 4) is 0 Å². The normalized spacial score (nSPS) is 23.5. The molecule has 0 radical (unpaired) electrons. The number of rotatable bonds is 6. The summed E-state index contributed by atoms with van der Waals surface area (Å²) >= 11 is 0. The molecule has 16 heavy (non-hydrogen) atoms. The predicted molar refractivity (Wildman–Crippen MR) is 65.5 cm³/mol. The molecule has 1 rings (SSSR count). The molecule has 1 saturated heterocycles. The van der Waals surface area contributed by atoms with E-state index in [9.17, 15) is 8.42 Å². The van der Waals surface area contributed by atoms with Crippen LogP contribution in [0.3, 0.4) is 0 Å². The molecular formula is C10H23N3O2S. The zero-order valence-corrected chi connectivity index (χ0v) is 11.0. The molecule has 1 aliphatic rings. The Bertz CT molecular complexity index is 290. The maximum absolute atomic E-state index is 12.0. The summed E-state index contributed by atoms with van der Waals surface area (Å²) in [6, 6.07) is 0.105. The molecule has 1 heterocycles. The Morgan fingerprint density at radius 1 is 1.38 bits per heavy atom. The zero-order valence-electron chi connectivity index (χ0n) is 10.2. The minimum atomic E-state index is -3.27. The Morgan fingerprint density at radius 2 is 2.12 bits per heavy atom. The summed E-state index contributed by atoms with van der Waals surface area (Å²) in [5.74, 6) is 0. The van der Waals surface area contributed by atoms with Crippen molar-refractivity contribution in [2.45, 2.75) is 38.6 Å². The van der Waals surface area contributed by atoms with Crippen LogP contribution in [0.1, 0.15) is 32.6 Å². The van der Waals surface area contributed by atoms with Crippen LogP contribution in [-0.4, -0.2) is 45.4 Å². The van der Waals surface area contributed by atoms with Gasteiger partial charge in [-0.3, -0.25) is 0 Å². The first kappa shape index (κ1) is 13.9. The highest BCUT2D eigenvalue weighted by Crippen LogP contribution is 2.19. The van der Waals surface area contributed by atoms with E-state index >= 15 is 0 Å². The lowest BCUT2D eigenvalue weighted by molar-refractivity contribution is 0.246. The summed E-state index contributed by atoms with van der Waals surface area (Å²) in [4.78, 5) is 0. The highest BCUT2D eigenvalue weighted by molar-refractivity contribution is 7.87. The van der Waals surface area contributed by atoms with E-state index in [2.05, 4.69) is 10.0 Å². The van der Waals surface area contributed by atoms with Gasteiger partial charge in [-0.15, -0.1) is 0 Å². The van der Waals surface area contributed by atoms with Gasteiger partial charge in [0, 0.05) is 25.7 Å². The molecule has 0 amide bonds. The van der Waals surface area contributed by atoms with Crippen LogP contribution in [0.2, 0.25) is 0 Å². The minimum absolute atomic E-state index is 0.105. The summed E-state index contributed by atoms with van der Waals surface area (Å²) < 4.78 is 28.3. The van der Waals surface area contributed by atoms with E-state index < -0.39 is 10.2 Å². The van der Waals surface area contributed by atoms with Crippen molar-refractivity contribution in [2.75, 3.05) is 26.7 Å². The van der Waals surface area contributed by atoms with E-state index in [-0.39, 0.29) is 6.04 Å². The SMILES string of the molecule is CCCNS(=O)(=O)N1CCCCC1CNC. The van der Waals surface area contributed by atoms with Gasteiger partial charge in [0.05, 0.1) is 0 Å². The molecule has 5 nitrogen and oxygen atoms in total. The molecule has 1 unspecified atom stereocenters. The lowest BCUT2D eigenvalue weighted by atomic mass is 10.1. The van der Waals surface area contributed by atoms with Crippen molar-refractivity contribution >= 4 is 10.2 Å². The van der Waals surface area contributed by atoms with E-state index in [4.69, 9.17) is 0 Å². The van der Waals surface area contributed by atoms with Crippen LogP contribution in [0, 0.1) is 0 Å². The number of piperidine rings is 1. The van der Waals surface area contributed by atoms with Gasteiger partial charge in [-0.25, -0.2) is 4.72 Å². The van der Waals surface area contributed by atoms with Crippen LogP contribution in [0.15, 0.2) is 0 Å². The summed E-state index contributed by atoms with van der Waals surface area (Å²) in [6.45, 7) is 3.85. The average molecular weight is 249 g/mol. The van der Waals surface area contributed by atoms with Crippen LogP contribution in [-0.2, 0) is 10.2 Å². The van der Waals surface area contributed by atoms with Gasteiger partial charge in [-0.05, 0) is 26.3 Å². The second-order valence-electron chi connectivity index (χ2n) is 4.22. The van der Waals surface area contributed by atoms with Crippen molar-refractivity contribution in [3.63, 3.8) is 0 Å². The number of nitrogens with zero attached hydrogens (tertiary/aromatic N) is 1. The molecule has 1 aliphatic heterocycles. The van der Waals surface area contributed by atoms with Gasteiger partial charge in [-0.1, -0.05) is 13.3 Å². The summed E-state index contributed by atoms with van der Waals surface area (Å²) in [6.07, 6.45) is 3.86. The fraction of sp³-hybridized carbons (Fsp3) is 1.00. The zero-order chi connectivity index (χ0) is 12.0. The standard InChI is InChI=1S/C10H23N3O2S/c1-3-7-12-16(14,15)13-8-5-4-6-10(13)9-11-2/h10-12H,3-9H2,1-2H3. The van der Waals surface area contributed by atoms with Crippen molar-refractivity contribution in [3.05, 3.63) is 0 Å². The first-order valence-corrected chi connectivity index (χ1v) is 7.47. The van der Waals surface area contributed by atoms with Gasteiger partial charge in [0.15, 0.2) is 0 Å². The molecule has 0 aromatic rings. The van der Waals surface area contributed by atoms with Crippen molar-refractivity contribution < 1.29 is 8.42 Å². The average Bonchev–Trinajstić information content (AvgIpc) is 2.27. The van der Waals surface area contributed by atoms with Gasteiger partial charge < -0.3 is 5.32 Å². The first-order chi connectivity index (χ1) is 7.61. The number of hydrogen-bond acceptors (Lipinski definition) is 3. The fourth-order valence-corrected chi connectivity index (χ4v) is 3.61. The number of hydrogen-bond donors (Lipinski definition) is 2. The van der Waals surface area contributed by atoms with Gasteiger partial charge in [0.1, 0.15) is 0 Å². The van der Waals surface area contributed by atoms with Crippen LogP contribution in [0.4, 0.5) is 0 Å². The van der Waals surface area contributed by atoms with E-state index in [0.29, 0.717) is 13.1 Å². The third-order valence-electron chi connectivity index (χ3n) is 2.86. The van der Waals surface area contributed by atoms with E-state index in [0.717, 1.165) is 32.2 Å². The van der Waals surface area contributed by atoms with Crippen LogP contribution < -0.4 is 10.0 Å². The summed E-state index contributed by atoms with van der Waals surface area (Å²) in [7, 11) is -1.41. The van der Waals surface area contributed by atoms with Crippen molar-refractivity contribution in [1.29, 1.82) is 0 Å². The second kappa shape index (κ2) is 6.54. The van der Waals surface area contributed by atoms with Crippen molar-refractivity contribution in [2.24, 2.45) is 0 Å². The number of likely N-dealkylation sites (N-methyl/N-ethyl adjacent to an activating group) is 1. The number of nitrogens with one attached hydrogen (secondary N) is 2. The van der Waals surface area contributed by atoms with Gasteiger partial charge in [0.25, 0.3) is 10.2 Å². The van der Waals surface area contributed by atoms with Gasteiger partial charge >= 0.3 is 0 Å². The fourth-order valence-electron chi connectivity index (χ4n) is 2.04. The largest absolute Gasteiger partial charge is 0.318 e. The lowest BCUT2D eigenvalue weighted by Crippen LogP contribution is -2.52. The molecule has 0 aliphatic carbocycles. The highest BCUT2D eigenvalue weighted by atomic mass is 32.2. The molecule has 0 saturated carbocycles. The maximum atomic E-state index is 12.0. The van der Waals surface area contributed by atoms with Gasteiger partial charge in [-0.2, -0.15) is 12.7 Å². The Kier molecular flexibility index (Phi) is 5.68. The molecule has 1 fully saturated rings. The molecule has 1 atom stereocenters. The second-order valence-corrected chi connectivity index (χ2v) is 5.93. The topological polar surface area (TPSA) is 61.4 Å². The van der Waals surface area contributed by atoms with Crippen LogP contribution in [0.5, 0.6) is 0 Å². The molecule has 0 aromatic heterocycles. The molecule has 6 heteroatoms. The minimum Gasteiger partial charge on any atom is -0.318 e. The maximum Gasteiger partial charge on any atom is 0.279 e. The van der Waals surface area contributed by atoms with Crippen LogP contribution in [0.25, 0.3) is 0 Å². The Hall–Kier alpha value is -0.170. The summed E-state index contributed by atoms with van der Waals surface area (Å²) in [5, 5.41) is 3.06. The molecule has 0 bridgehead atoms.